The summed E-state index contributed by atoms with van der Waals surface area (Å²) in [5.74, 6) is 1.90. The van der Waals surface area contributed by atoms with Crippen LogP contribution in [-0.2, 0) is 13.0 Å². The van der Waals surface area contributed by atoms with Gasteiger partial charge < -0.3 is 14.6 Å². The fourth-order valence-corrected chi connectivity index (χ4v) is 4.42. The number of ether oxygens (including phenoxy) is 1. The summed E-state index contributed by atoms with van der Waals surface area (Å²) in [5, 5.41) is 3.44. The van der Waals surface area contributed by atoms with Crippen LogP contribution in [0.25, 0.3) is 11.0 Å². The lowest BCUT2D eigenvalue weighted by molar-refractivity contribution is 0.0953. The van der Waals surface area contributed by atoms with Gasteiger partial charge >= 0.3 is 0 Å². The van der Waals surface area contributed by atoms with E-state index in [0.29, 0.717) is 23.7 Å². The van der Waals surface area contributed by atoms with Crippen molar-refractivity contribution in [2.24, 2.45) is 0 Å². The Bertz CT molecular complexity index is 1300. The summed E-state index contributed by atoms with van der Waals surface area (Å²) >= 11 is 6.10. The number of para-hydroxylation sites is 2. The van der Waals surface area contributed by atoms with Gasteiger partial charge in [-0.05, 0) is 68.1 Å². The highest BCUT2D eigenvalue weighted by Gasteiger charge is 2.12. The number of imidazole rings is 1. The normalized spacial score (nSPS) is 11.1. The molecule has 35 heavy (non-hydrogen) atoms. The number of hydrogen-bond donors (Lipinski definition) is 1. The van der Waals surface area contributed by atoms with E-state index in [9.17, 15) is 4.79 Å². The molecule has 1 aromatic heterocycles. The van der Waals surface area contributed by atoms with Crippen LogP contribution in [0.15, 0.2) is 66.7 Å². The van der Waals surface area contributed by atoms with E-state index in [0.717, 1.165) is 60.4 Å². The first-order valence-corrected chi connectivity index (χ1v) is 12.6. The minimum absolute atomic E-state index is 0.124. The van der Waals surface area contributed by atoms with Crippen molar-refractivity contribution in [1.82, 2.24) is 14.9 Å². The second kappa shape index (κ2) is 11.9. The first kappa shape index (κ1) is 24.8. The third kappa shape index (κ3) is 6.43. The van der Waals surface area contributed by atoms with Crippen molar-refractivity contribution in [3.05, 3.63) is 94.3 Å². The molecule has 1 heterocycles. The monoisotopic (exact) mass is 489 g/mol. The summed E-state index contributed by atoms with van der Waals surface area (Å²) in [4.78, 5) is 17.2. The number of benzene rings is 3. The van der Waals surface area contributed by atoms with Crippen molar-refractivity contribution in [3.63, 3.8) is 0 Å². The highest BCUT2D eigenvalue weighted by molar-refractivity contribution is 6.33. The third-order valence-electron chi connectivity index (χ3n) is 6.13. The minimum Gasteiger partial charge on any atom is -0.491 e. The maximum Gasteiger partial charge on any atom is 0.252 e. The average molecular weight is 490 g/mol. The molecular formula is C29H32ClN3O2. The summed E-state index contributed by atoms with van der Waals surface area (Å²) in [5.41, 5.74) is 5.02. The molecule has 1 N–H and O–H groups in total. The van der Waals surface area contributed by atoms with Gasteiger partial charge in [-0.2, -0.15) is 0 Å². The van der Waals surface area contributed by atoms with Crippen LogP contribution in [0.5, 0.6) is 5.75 Å². The fraction of sp³-hybridized carbons (Fsp3) is 0.310. The van der Waals surface area contributed by atoms with Crippen LogP contribution in [0.2, 0.25) is 5.02 Å². The van der Waals surface area contributed by atoms with Gasteiger partial charge in [0.1, 0.15) is 18.2 Å². The van der Waals surface area contributed by atoms with Crippen molar-refractivity contribution >= 4 is 28.5 Å². The van der Waals surface area contributed by atoms with E-state index >= 15 is 0 Å². The van der Waals surface area contributed by atoms with Crippen molar-refractivity contribution < 1.29 is 9.53 Å². The second-order valence-electron chi connectivity index (χ2n) is 8.83. The summed E-state index contributed by atoms with van der Waals surface area (Å²) < 4.78 is 8.40. The molecule has 1 amide bonds. The Morgan fingerprint density at radius 3 is 2.66 bits per heavy atom. The van der Waals surface area contributed by atoms with Crippen molar-refractivity contribution in [2.75, 3.05) is 13.2 Å². The molecule has 0 aliphatic carbocycles. The number of aromatic nitrogens is 2. The van der Waals surface area contributed by atoms with Gasteiger partial charge in [0.2, 0.25) is 0 Å². The lowest BCUT2D eigenvalue weighted by atomic mass is 10.1. The van der Waals surface area contributed by atoms with E-state index in [-0.39, 0.29) is 5.91 Å². The number of carbonyl (C=O) groups is 1. The van der Waals surface area contributed by atoms with E-state index in [1.165, 1.54) is 5.56 Å². The number of unbranched alkanes of at least 4 members (excludes halogenated alkanes) is 2. The molecule has 0 spiro atoms. The average Bonchev–Trinajstić information content (AvgIpc) is 3.21. The highest BCUT2D eigenvalue weighted by atomic mass is 35.5. The zero-order chi connectivity index (χ0) is 24.6. The first-order valence-electron chi connectivity index (χ1n) is 12.2. The van der Waals surface area contributed by atoms with Gasteiger partial charge in [-0.1, -0.05) is 54.4 Å². The molecule has 0 radical (unpaired) electrons. The highest BCUT2D eigenvalue weighted by Crippen LogP contribution is 2.21. The van der Waals surface area contributed by atoms with E-state index < -0.39 is 0 Å². The van der Waals surface area contributed by atoms with Gasteiger partial charge in [0.05, 0.1) is 28.2 Å². The molecule has 6 heteroatoms. The van der Waals surface area contributed by atoms with E-state index in [2.05, 4.69) is 60.1 Å². The van der Waals surface area contributed by atoms with Gasteiger partial charge in [0.15, 0.2) is 0 Å². The molecule has 4 aromatic rings. The number of amides is 1. The molecule has 0 aliphatic rings. The van der Waals surface area contributed by atoms with Crippen LogP contribution < -0.4 is 10.1 Å². The molecule has 182 valence electrons. The Balaban J connectivity index is 1.29. The van der Waals surface area contributed by atoms with Crippen LogP contribution in [0.3, 0.4) is 0 Å². The molecule has 0 bridgehead atoms. The third-order valence-corrected chi connectivity index (χ3v) is 6.46. The van der Waals surface area contributed by atoms with Gasteiger partial charge in [-0.15, -0.1) is 0 Å². The molecule has 0 fully saturated rings. The largest absolute Gasteiger partial charge is 0.491 e. The standard InChI is InChI=1S/C29H32ClN3O2/c1-21-15-16-22(2)27(20-21)35-19-18-33-26-13-8-7-12-25(26)32-28(33)14-4-3-9-17-31-29(34)23-10-5-6-11-24(23)30/h5-8,10-13,15-16,20H,3-4,9,14,17-19H2,1-2H3,(H,31,34). The maximum atomic E-state index is 12.3. The van der Waals surface area contributed by atoms with Gasteiger partial charge in [-0.25, -0.2) is 4.98 Å². The summed E-state index contributed by atoms with van der Waals surface area (Å²) in [6, 6.07) is 21.7. The quantitative estimate of drug-likeness (QED) is 0.244. The lowest BCUT2D eigenvalue weighted by Gasteiger charge is -2.13. The van der Waals surface area contributed by atoms with Crippen molar-refractivity contribution in [2.45, 2.75) is 46.1 Å². The first-order chi connectivity index (χ1) is 17.0. The summed E-state index contributed by atoms with van der Waals surface area (Å²) in [6.07, 6.45) is 3.80. The van der Waals surface area contributed by atoms with Crippen LogP contribution >= 0.6 is 11.6 Å². The Kier molecular flexibility index (Phi) is 8.43. The second-order valence-corrected chi connectivity index (χ2v) is 9.24. The molecule has 0 atom stereocenters. The van der Waals surface area contributed by atoms with Crippen LogP contribution in [0.4, 0.5) is 0 Å². The Morgan fingerprint density at radius 2 is 1.80 bits per heavy atom. The number of hydrogen-bond acceptors (Lipinski definition) is 3. The number of carbonyl (C=O) groups excluding carboxylic acids is 1. The maximum absolute atomic E-state index is 12.3. The Morgan fingerprint density at radius 1 is 1.00 bits per heavy atom. The van der Waals surface area contributed by atoms with Crippen molar-refractivity contribution in [3.8, 4) is 5.75 Å². The lowest BCUT2D eigenvalue weighted by Crippen LogP contribution is -2.24. The topological polar surface area (TPSA) is 56.1 Å². The van der Waals surface area contributed by atoms with Crippen LogP contribution in [0, 0.1) is 13.8 Å². The Labute approximate surface area is 212 Å². The number of nitrogens with zero attached hydrogens (tertiary/aromatic N) is 2. The molecular weight excluding hydrogens is 458 g/mol. The molecule has 0 aliphatic heterocycles. The number of halogens is 1. The Hall–Kier alpha value is -3.31. The minimum atomic E-state index is -0.124. The molecule has 5 nitrogen and oxygen atoms in total. The smallest absolute Gasteiger partial charge is 0.252 e. The van der Waals surface area contributed by atoms with Crippen molar-refractivity contribution in [1.29, 1.82) is 0 Å². The predicted octanol–water partition coefficient (Wildman–Crippen LogP) is 6.53. The molecule has 0 saturated carbocycles. The summed E-state index contributed by atoms with van der Waals surface area (Å²) in [6.45, 7) is 6.12. The van der Waals surface area contributed by atoms with Crippen LogP contribution in [-0.4, -0.2) is 28.6 Å². The SMILES string of the molecule is Cc1ccc(C)c(OCCn2c(CCCCCNC(=O)c3ccccc3Cl)nc3ccccc32)c1. The zero-order valence-electron chi connectivity index (χ0n) is 20.4. The van der Waals surface area contributed by atoms with E-state index in [4.69, 9.17) is 21.3 Å². The van der Waals surface area contributed by atoms with E-state index in [1.807, 2.05) is 18.2 Å². The fourth-order valence-electron chi connectivity index (χ4n) is 4.20. The van der Waals surface area contributed by atoms with Gasteiger partial charge in [-0.3, -0.25) is 4.79 Å². The molecule has 3 aromatic carbocycles. The number of nitrogens with one attached hydrogen (secondary N) is 1. The van der Waals surface area contributed by atoms with Gasteiger partial charge in [0.25, 0.3) is 5.91 Å². The predicted molar refractivity (Wildman–Crippen MR) is 142 cm³/mol. The molecule has 4 rings (SSSR count). The number of aryl methyl sites for hydroxylation is 3. The zero-order valence-corrected chi connectivity index (χ0v) is 21.1. The molecule has 0 saturated heterocycles. The number of rotatable bonds is 11. The van der Waals surface area contributed by atoms with E-state index in [1.54, 1.807) is 12.1 Å². The molecule has 0 unspecified atom stereocenters. The number of fused-ring (bicyclic) bond motifs is 1. The van der Waals surface area contributed by atoms with Crippen LogP contribution in [0.1, 0.15) is 46.6 Å². The summed E-state index contributed by atoms with van der Waals surface area (Å²) in [7, 11) is 0. The van der Waals surface area contributed by atoms with Gasteiger partial charge in [0, 0.05) is 13.0 Å².